The van der Waals surface area contributed by atoms with Crippen molar-refractivity contribution in [1.82, 2.24) is 10.2 Å². The molecular weight excluding hydrogens is 386 g/mol. The maximum Gasteiger partial charge on any atom is 0.270 e. The lowest BCUT2D eigenvalue weighted by Gasteiger charge is -2.20. The average molecular weight is 411 g/mol. The third-order valence-corrected chi connectivity index (χ3v) is 4.38. The number of amides is 2. The van der Waals surface area contributed by atoms with Crippen LogP contribution in [0.5, 0.6) is 5.75 Å². The third-order valence-electron chi connectivity index (χ3n) is 4.38. The molecule has 2 aromatic rings. The zero-order valence-corrected chi connectivity index (χ0v) is 17.2. The van der Waals surface area contributed by atoms with E-state index in [0.29, 0.717) is 17.7 Å². The Hall–Kier alpha value is -3.68. The number of carbonyl (C=O) groups is 2. The van der Waals surface area contributed by atoms with E-state index in [-0.39, 0.29) is 30.2 Å². The third kappa shape index (κ3) is 6.44. The molecule has 1 unspecified atom stereocenters. The number of likely N-dealkylation sites (N-methyl/N-ethyl adjacent to an activating group) is 1. The van der Waals surface area contributed by atoms with Gasteiger partial charge in [0.2, 0.25) is 5.91 Å². The van der Waals surface area contributed by atoms with Crippen molar-refractivity contribution in [2.45, 2.75) is 19.4 Å². The Morgan fingerprint density at radius 2 is 1.93 bits per heavy atom. The number of ether oxygens (including phenoxy) is 1. The van der Waals surface area contributed by atoms with E-state index in [2.05, 4.69) is 5.32 Å². The first-order chi connectivity index (χ1) is 14.3. The Bertz CT molecular complexity index is 940. The van der Waals surface area contributed by atoms with Gasteiger partial charge in [0.05, 0.1) is 11.0 Å². The Labute approximate surface area is 175 Å². The molecule has 0 bridgehead atoms. The summed E-state index contributed by atoms with van der Waals surface area (Å²) in [5.41, 5.74) is 1.28. The number of nitrogens with one attached hydrogen (secondary N) is 1. The lowest BCUT2D eigenvalue weighted by molar-refractivity contribution is -0.384. The normalized spacial score (nSPS) is 11.7. The van der Waals surface area contributed by atoms with Crippen molar-refractivity contribution in [3.05, 3.63) is 75.8 Å². The molecule has 0 fully saturated rings. The molecule has 2 rings (SSSR count). The second-order valence-corrected chi connectivity index (χ2v) is 6.77. The second-order valence-electron chi connectivity index (χ2n) is 6.77. The van der Waals surface area contributed by atoms with Gasteiger partial charge in [-0.1, -0.05) is 37.3 Å². The maximum absolute atomic E-state index is 12.4. The molecule has 0 saturated carbocycles. The molecule has 8 nitrogen and oxygen atoms in total. The van der Waals surface area contributed by atoms with Gasteiger partial charge in [-0.05, 0) is 24.1 Å². The number of nitrogens with zero attached hydrogens (tertiary/aromatic N) is 2. The van der Waals surface area contributed by atoms with Crippen LogP contribution in [-0.2, 0) is 9.59 Å². The molecule has 30 heavy (non-hydrogen) atoms. The summed E-state index contributed by atoms with van der Waals surface area (Å²) in [6, 6.07) is 12.9. The first kappa shape index (κ1) is 22.6. The van der Waals surface area contributed by atoms with Crippen LogP contribution in [-0.4, -0.2) is 42.3 Å². The van der Waals surface area contributed by atoms with E-state index in [1.807, 2.05) is 19.1 Å². The largest absolute Gasteiger partial charge is 0.483 e. The standard InChI is InChI=1S/C22H25N3O5/c1-4-19(18-10-5-6-11-20(18)30-15-22(27)24(2)3)23-21(26)13-12-16-8-7-9-17(14-16)25(28)29/h5-14,19H,4,15H2,1-3H3,(H,23,26)/b13-12+. The van der Waals surface area contributed by atoms with Gasteiger partial charge < -0.3 is 15.0 Å². The van der Waals surface area contributed by atoms with Gasteiger partial charge in [0, 0.05) is 37.9 Å². The summed E-state index contributed by atoms with van der Waals surface area (Å²) < 4.78 is 5.67. The zero-order chi connectivity index (χ0) is 22.1. The molecule has 0 aliphatic rings. The summed E-state index contributed by atoms with van der Waals surface area (Å²) in [7, 11) is 3.31. The smallest absolute Gasteiger partial charge is 0.270 e. The topological polar surface area (TPSA) is 102 Å². The predicted octanol–water partition coefficient (Wildman–Crippen LogP) is 3.34. The lowest BCUT2D eigenvalue weighted by atomic mass is 10.0. The van der Waals surface area contributed by atoms with Crippen molar-refractivity contribution in [3.8, 4) is 5.75 Å². The van der Waals surface area contributed by atoms with Crippen LogP contribution >= 0.6 is 0 Å². The van der Waals surface area contributed by atoms with Crippen molar-refractivity contribution in [1.29, 1.82) is 0 Å². The highest BCUT2D eigenvalue weighted by Crippen LogP contribution is 2.27. The summed E-state index contributed by atoms with van der Waals surface area (Å²) in [5.74, 6) is 0.0248. The number of nitro groups is 1. The Morgan fingerprint density at radius 1 is 1.20 bits per heavy atom. The Morgan fingerprint density at radius 3 is 2.60 bits per heavy atom. The minimum absolute atomic E-state index is 0.0395. The van der Waals surface area contributed by atoms with Crippen LogP contribution < -0.4 is 10.1 Å². The van der Waals surface area contributed by atoms with Gasteiger partial charge in [-0.25, -0.2) is 0 Å². The van der Waals surface area contributed by atoms with Crippen molar-refractivity contribution in [2.24, 2.45) is 0 Å². The fourth-order valence-electron chi connectivity index (χ4n) is 2.70. The highest BCUT2D eigenvalue weighted by atomic mass is 16.6. The summed E-state index contributed by atoms with van der Waals surface area (Å²) in [6.45, 7) is 1.83. The number of carbonyl (C=O) groups excluding carboxylic acids is 2. The predicted molar refractivity (Wildman–Crippen MR) is 114 cm³/mol. The molecule has 0 aromatic heterocycles. The first-order valence-electron chi connectivity index (χ1n) is 9.46. The minimum atomic E-state index is -0.484. The fraction of sp³-hybridized carbons (Fsp3) is 0.273. The summed E-state index contributed by atoms with van der Waals surface area (Å²) >= 11 is 0. The molecular formula is C22H25N3O5. The molecule has 0 radical (unpaired) electrons. The highest BCUT2D eigenvalue weighted by Gasteiger charge is 2.17. The summed E-state index contributed by atoms with van der Waals surface area (Å²) in [6.07, 6.45) is 3.46. The summed E-state index contributed by atoms with van der Waals surface area (Å²) in [4.78, 5) is 36.0. The van der Waals surface area contributed by atoms with Gasteiger partial charge in [-0.2, -0.15) is 0 Å². The quantitative estimate of drug-likeness (QED) is 0.387. The molecule has 0 saturated heterocycles. The maximum atomic E-state index is 12.4. The van der Waals surface area contributed by atoms with Crippen molar-refractivity contribution in [2.75, 3.05) is 20.7 Å². The molecule has 8 heteroatoms. The first-order valence-corrected chi connectivity index (χ1v) is 9.46. The van der Waals surface area contributed by atoms with Crippen LogP contribution in [0.4, 0.5) is 5.69 Å². The van der Waals surface area contributed by atoms with Crippen LogP contribution in [0.25, 0.3) is 6.08 Å². The lowest BCUT2D eigenvalue weighted by Crippen LogP contribution is -2.29. The molecule has 0 aliphatic carbocycles. The minimum Gasteiger partial charge on any atom is -0.483 e. The molecule has 158 valence electrons. The number of nitro benzene ring substituents is 1. The van der Waals surface area contributed by atoms with Crippen molar-refractivity contribution in [3.63, 3.8) is 0 Å². The highest BCUT2D eigenvalue weighted by molar-refractivity contribution is 5.92. The monoisotopic (exact) mass is 411 g/mol. The number of hydrogen-bond acceptors (Lipinski definition) is 5. The Kier molecular flexibility index (Phi) is 8.10. The van der Waals surface area contributed by atoms with Crippen molar-refractivity contribution < 1.29 is 19.2 Å². The summed E-state index contributed by atoms with van der Waals surface area (Å²) in [5, 5.41) is 13.8. The van der Waals surface area contributed by atoms with E-state index >= 15 is 0 Å². The van der Waals surface area contributed by atoms with Crippen LogP contribution in [0.2, 0.25) is 0 Å². The number of non-ortho nitro benzene ring substituents is 1. The van der Waals surface area contributed by atoms with E-state index in [1.165, 1.54) is 29.2 Å². The molecule has 0 aliphatic heterocycles. The van der Waals surface area contributed by atoms with Crippen LogP contribution in [0, 0.1) is 10.1 Å². The van der Waals surface area contributed by atoms with Crippen molar-refractivity contribution >= 4 is 23.6 Å². The molecule has 1 N–H and O–H groups in total. The van der Waals surface area contributed by atoms with Gasteiger partial charge in [0.1, 0.15) is 5.75 Å². The van der Waals surface area contributed by atoms with Crippen LogP contribution in [0.15, 0.2) is 54.6 Å². The zero-order valence-electron chi connectivity index (χ0n) is 17.2. The molecule has 0 spiro atoms. The average Bonchev–Trinajstić information content (AvgIpc) is 2.74. The van der Waals surface area contributed by atoms with E-state index in [1.54, 1.807) is 38.4 Å². The fourth-order valence-corrected chi connectivity index (χ4v) is 2.70. The Balaban J connectivity index is 2.09. The molecule has 0 heterocycles. The van der Waals surface area contributed by atoms with E-state index in [0.717, 1.165) is 5.56 Å². The molecule has 2 aromatic carbocycles. The van der Waals surface area contributed by atoms with E-state index in [4.69, 9.17) is 4.74 Å². The number of para-hydroxylation sites is 1. The van der Waals surface area contributed by atoms with Gasteiger partial charge in [-0.3, -0.25) is 19.7 Å². The van der Waals surface area contributed by atoms with Gasteiger partial charge >= 0.3 is 0 Å². The molecule has 2 amide bonds. The SMILES string of the molecule is CCC(NC(=O)/C=C/c1cccc([N+](=O)[O-])c1)c1ccccc1OCC(=O)N(C)C. The second kappa shape index (κ2) is 10.8. The van der Waals surface area contributed by atoms with Gasteiger partial charge in [0.15, 0.2) is 6.61 Å². The molecule has 1 atom stereocenters. The van der Waals surface area contributed by atoms with Gasteiger partial charge in [0.25, 0.3) is 11.6 Å². The van der Waals surface area contributed by atoms with E-state index in [9.17, 15) is 19.7 Å². The number of benzene rings is 2. The number of rotatable bonds is 9. The van der Waals surface area contributed by atoms with E-state index < -0.39 is 4.92 Å². The number of hydrogen-bond donors (Lipinski definition) is 1. The van der Waals surface area contributed by atoms with Crippen LogP contribution in [0.1, 0.15) is 30.5 Å². The van der Waals surface area contributed by atoms with Gasteiger partial charge in [-0.15, -0.1) is 0 Å². The van der Waals surface area contributed by atoms with Crippen LogP contribution in [0.3, 0.4) is 0 Å².